The van der Waals surface area contributed by atoms with E-state index in [1.54, 1.807) is 45.6 Å². The summed E-state index contributed by atoms with van der Waals surface area (Å²) in [5, 5.41) is 37.4. The number of ether oxygens (including phenoxy) is 7. The zero-order chi connectivity index (χ0) is 34.6. The second kappa shape index (κ2) is 11.6. The van der Waals surface area contributed by atoms with Crippen molar-refractivity contribution in [1.29, 1.82) is 0 Å². The molecule has 7 rings (SSSR count). The summed E-state index contributed by atoms with van der Waals surface area (Å²) in [6.07, 6.45) is -5.64. The summed E-state index contributed by atoms with van der Waals surface area (Å²) in [7, 11) is 7.77. The van der Waals surface area contributed by atoms with Crippen LogP contribution in [0.2, 0.25) is 0 Å². The van der Waals surface area contributed by atoms with E-state index in [4.69, 9.17) is 33.2 Å². The normalized spacial score (nSPS) is 48.2. The van der Waals surface area contributed by atoms with Crippen molar-refractivity contribution >= 4 is 11.9 Å². The van der Waals surface area contributed by atoms with Crippen molar-refractivity contribution in [1.82, 2.24) is 4.90 Å². The van der Waals surface area contributed by atoms with Crippen LogP contribution < -0.4 is 4.74 Å². The zero-order valence-electron chi connectivity index (χ0n) is 28.7. The Morgan fingerprint density at radius 1 is 0.979 bits per heavy atom. The first-order chi connectivity index (χ1) is 22.9. The molecule has 0 aromatic heterocycles. The molecule has 15 atom stereocenters. The number of methoxy groups -OCH3 is 5. The van der Waals surface area contributed by atoms with Crippen LogP contribution in [0.4, 0.5) is 0 Å². The third-order valence-corrected chi connectivity index (χ3v) is 13.5. The molecular formula is C35H49NO12. The average Bonchev–Trinajstić information content (AvgIpc) is 3.44. The third-order valence-electron chi connectivity index (χ3n) is 13.5. The molecule has 1 aromatic carbocycles. The highest BCUT2D eigenvalue weighted by Crippen LogP contribution is 2.80. The molecule has 1 spiro atoms. The van der Waals surface area contributed by atoms with Crippen LogP contribution in [0.25, 0.3) is 0 Å². The quantitative estimate of drug-likeness (QED) is 0.297. The van der Waals surface area contributed by atoms with Gasteiger partial charge in [0.1, 0.15) is 29.7 Å². The Morgan fingerprint density at radius 3 is 2.25 bits per heavy atom. The lowest BCUT2D eigenvalue weighted by Crippen LogP contribution is -2.81. The molecule has 1 aromatic rings. The first-order valence-electron chi connectivity index (χ1n) is 16.9. The highest BCUT2D eigenvalue weighted by molar-refractivity contribution is 5.89. The molecule has 1 heterocycles. The molecule has 13 heteroatoms. The number of esters is 2. The molecule has 6 fully saturated rings. The maximum Gasteiger partial charge on any atom is 0.338 e. The number of carbonyl (C=O) groups excluding carboxylic acids is 2. The summed E-state index contributed by atoms with van der Waals surface area (Å²) in [4.78, 5) is 29.5. The van der Waals surface area contributed by atoms with E-state index in [0.29, 0.717) is 25.3 Å². The molecule has 1 aliphatic heterocycles. The summed E-state index contributed by atoms with van der Waals surface area (Å²) < 4.78 is 42.7. The van der Waals surface area contributed by atoms with E-state index in [-0.39, 0.29) is 24.6 Å². The monoisotopic (exact) mass is 675 g/mol. The van der Waals surface area contributed by atoms with Gasteiger partial charge in [-0.05, 0) is 43.1 Å². The van der Waals surface area contributed by atoms with Crippen molar-refractivity contribution in [2.75, 3.05) is 55.2 Å². The van der Waals surface area contributed by atoms with Gasteiger partial charge in [-0.15, -0.1) is 0 Å². The lowest BCUT2D eigenvalue weighted by molar-refractivity contribution is -0.322. The Morgan fingerprint density at radius 2 is 1.69 bits per heavy atom. The fourth-order valence-corrected chi connectivity index (χ4v) is 12.5. The Balaban J connectivity index is 1.50. The van der Waals surface area contributed by atoms with Crippen LogP contribution in [-0.2, 0) is 33.2 Å². The zero-order valence-corrected chi connectivity index (χ0v) is 28.7. The van der Waals surface area contributed by atoms with Gasteiger partial charge in [0.15, 0.2) is 5.60 Å². The van der Waals surface area contributed by atoms with Crippen molar-refractivity contribution in [2.24, 2.45) is 34.5 Å². The van der Waals surface area contributed by atoms with Crippen molar-refractivity contribution in [3.05, 3.63) is 29.8 Å². The van der Waals surface area contributed by atoms with Crippen LogP contribution in [0.1, 0.15) is 37.0 Å². The molecule has 48 heavy (non-hydrogen) atoms. The smallest absolute Gasteiger partial charge is 0.338 e. The average molecular weight is 676 g/mol. The van der Waals surface area contributed by atoms with Crippen LogP contribution >= 0.6 is 0 Å². The van der Waals surface area contributed by atoms with Crippen molar-refractivity contribution in [3.8, 4) is 5.75 Å². The molecular weight excluding hydrogens is 626 g/mol. The SMILES string of the molecule is CCN1C[C@]2(COC)[C@H](O)C[C@H](OC)[C@@]34[C@@H]5C[C@@]6(O)[C@H](OC(=O)c7ccc(OC)cc7)[C@@H]5[C@@](OC(C)=O)([C@@H]([C@H](OC)[C@H]23)[C@@H]14)[C@@H](O)[C@@H]6OC. The summed E-state index contributed by atoms with van der Waals surface area (Å²) >= 11 is 0. The fourth-order valence-electron chi connectivity index (χ4n) is 12.5. The predicted octanol–water partition coefficient (Wildman–Crippen LogP) is 0.657. The van der Waals surface area contributed by atoms with E-state index in [9.17, 15) is 24.9 Å². The van der Waals surface area contributed by atoms with Crippen molar-refractivity contribution < 1.29 is 58.1 Å². The number of benzene rings is 1. The van der Waals surface area contributed by atoms with E-state index >= 15 is 0 Å². The lowest BCUT2D eigenvalue weighted by atomic mass is 9.42. The minimum absolute atomic E-state index is 0.0591. The van der Waals surface area contributed by atoms with Crippen LogP contribution in [0.15, 0.2) is 24.3 Å². The minimum atomic E-state index is -1.86. The van der Waals surface area contributed by atoms with Crippen LogP contribution in [-0.4, -0.2) is 141 Å². The van der Waals surface area contributed by atoms with E-state index in [1.165, 1.54) is 21.1 Å². The van der Waals surface area contributed by atoms with E-state index in [1.807, 2.05) is 6.92 Å². The van der Waals surface area contributed by atoms with Crippen molar-refractivity contribution in [3.63, 3.8) is 0 Å². The number of piperidine rings is 1. The topological polar surface area (TPSA) is 163 Å². The second-order valence-electron chi connectivity index (χ2n) is 14.8. The number of hydrogen-bond acceptors (Lipinski definition) is 13. The number of hydrogen-bond donors (Lipinski definition) is 3. The number of carbonyl (C=O) groups is 2. The molecule has 1 saturated heterocycles. The van der Waals surface area contributed by atoms with Gasteiger partial charge in [-0.3, -0.25) is 9.69 Å². The van der Waals surface area contributed by atoms with Crippen LogP contribution in [0, 0.1) is 34.5 Å². The van der Waals surface area contributed by atoms with Gasteiger partial charge in [-0.1, -0.05) is 6.92 Å². The highest BCUT2D eigenvalue weighted by Gasteiger charge is 2.92. The van der Waals surface area contributed by atoms with Crippen LogP contribution in [0.3, 0.4) is 0 Å². The van der Waals surface area contributed by atoms with Gasteiger partial charge >= 0.3 is 11.9 Å². The molecule has 5 saturated carbocycles. The number of aliphatic hydroxyl groups excluding tert-OH is 2. The van der Waals surface area contributed by atoms with Gasteiger partial charge in [-0.25, -0.2) is 4.79 Å². The summed E-state index contributed by atoms with van der Waals surface area (Å²) in [5.74, 6) is -3.23. The molecule has 0 amide bonds. The Labute approximate surface area is 280 Å². The first kappa shape index (κ1) is 34.1. The van der Waals surface area contributed by atoms with Gasteiger partial charge in [0.05, 0.1) is 37.6 Å². The molecule has 3 N–H and O–H groups in total. The number of rotatable bonds is 10. The van der Waals surface area contributed by atoms with Gasteiger partial charge in [0, 0.05) is 83.0 Å². The molecule has 0 radical (unpaired) electrons. The molecule has 266 valence electrons. The van der Waals surface area contributed by atoms with Crippen molar-refractivity contribution in [2.45, 2.75) is 80.6 Å². The van der Waals surface area contributed by atoms with E-state index < -0.39 is 94.3 Å². The first-order valence-corrected chi connectivity index (χ1v) is 16.9. The number of nitrogens with zero attached hydrogens (tertiary/aromatic N) is 1. The lowest BCUT2D eigenvalue weighted by Gasteiger charge is -2.70. The third kappa shape index (κ3) is 3.90. The maximum atomic E-state index is 13.9. The van der Waals surface area contributed by atoms with Gasteiger partial charge < -0.3 is 48.5 Å². The molecule has 6 aliphatic rings. The largest absolute Gasteiger partial charge is 0.497 e. The summed E-state index contributed by atoms with van der Waals surface area (Å²) in [5.41, 5.74) is -4.94. The fraction of sp³-hybridized carbons (Fsp3) is 0.771. The molecule has 0 unspecified atom stereocenters. The Bertz CT molecular complexity index is 1430. The van der Waals surface area contributed by atoms with Crippen LogP contribution in [0.5, 0.6) is 5.75 Å². The molecule has 13 nitrogen and oxygen atoms in total. The highest BCUT2D eigenvalue weighted by atomic mass is 16.6. The summed E-state index contributed by atoms with van der Waals surface area (Å²) in [6.45, 7) is 4.64. The number of fused-ring (bicyclic) bond motifs is 2. The molecule has 7 bridgehead atoms. The van der Waals surface area contributed by atoms with Gasteiger partial charge in [0.25, 0.3) is 0 Å². The molecule has 5 aliphatic carbocycles. The standard InChI is InChI=1S/C35H49NO12/c1-8-36-15-32(16-42-3)21(38)13-22(44-5)34-20-14-33(41)29(47-31(40)18-9-11-19(43-4)12-10-18)23(20)35(48-17(2)37,28(39)30(33)46-7)24(27(34)36)25(45-6)26(32)34/h9-12,20-30,38-39,41H,8,13-16H2,1-7H3/t20-,21-,22+,23-,24+,25+,26-,27-,28+,29-,30+,32+,33-,34+,35-/m1/s1. The maximum absolute atomic E-state index is 13.9. The predicted molar refractivity (Wildman–Crippen MR) is 167 cm³/mol. The summed E-state index contributed by atoms with van der Waals surface area (Å²) in [6, 6.07) is 6.10. The number of aliphatic hydroxyl groups is 3. The van der Waals surface area contributed by atoms with E-state index in [0.717, 1.165) is 0 Å². The van der Waals surface area contributed by atoms with Gasteiger partial charge in [0.2, 0.25) is 0 Å². The Hall–Kier alpha value is -2.36. The van der Waals surface area contributed by atoms with Gasteiger partial charge in [-0.2, -0.15) is 0 Å². The number of likely N-dealkylation sites (tertiary alicyclic amines) is 1. The minimum Gasteiger partial charge on any atom is -0.497 e. The van der Waals surface area contributed by atoms with E-state index in [2.05, 4.69) is 4.90 Å². The Kier molecular flexibility index (Phi) is 8.24. The second-order valence-corrected chi connectivity index (χ2v) is 14.8.